The number of aryl methyl sites for hydroxylation is 1. The second kappa shape index (κ2) is 10.9. The summed E-state index contributed by atoms with van der Waals surface area (Å²) in [4.78, 5) is 42.3. The maximum atomic E-state index is 13.3. The molecule has 1 heterocycles. The van der Waals surface area contributed by atoms with Crippen LogP contribution in [0.25, 0.3) is 0 Å². The summed E-state index contributed by atoms with van der Waals surface area (Å²) < 4.78 is 7.08. The summed E-state index contributed by atoms with van der Waals surface area (Å²) in [5, 5.41) is 0. The summed E-state index contributed by atoms with van der Waals surface area (Å²) in [6.45, 7) is 8.12. The third-order valence-electron chi connectivity index (χ3n) is 5.80. The van der Waals surface area contributed by atoms with E-state index in [2.05, 4.69) is 4.98 Å². The Morgan fingerprint density at radius 2 is 1.79 bits per heavy atom. The molecule has 1 aromatic heterocycles. The average molecular weight is 465 g/mol. The third kappa shape index (κ3) is 5.75. The van der Waals surface area contributed by atoms with Crippen LogP contribution in [-0.4, -0.2) is 28.6 Å². The number of H-pyrrole nitrogens is 1. The number of nitrogens with two attached hydrogens (primary N) is 1. The number of nitrogens with one attached hydrogen (secondary N) is 1. The third-order valence-corrected chi connectivity index (χ3v) is 5.80. The van der Waals surface area contributed by atoms with Crippen molar-refractivity contribution in [3.63, 3.8) is 0 Å². The average Bonchev–Trinajstić information content (AvgIpc) is 2.80. The molecule has 8 heteroatoms. The van der Waals surface area contributed by atoms with Gasteiger partial charge in [-0.2, -0.15) is 0 Å². The highest BCUT2D eigenvalue weighted by Crippen LogP contribution is 2.22. The van der Waals surface area contributed by atoms with E-state index >= 15 is 0 Å². The molecule has 0 bridgehead atoms. The van der Waals surface area contributed by atoms with Crippen molar-refractivity contribution < 1.29 is 9.53 Å². The molecule has 8 nitrogen and oxygen atoms in total. The molecule has 0 unspecified atom stereocenters. The minimum Gasteiger partial charge on any atom is -0.483 e. The molecule has 0 spiro atoms. The maximum absolute atomic E-state index is 13.3. The molecular weight excluding hydrogens is 432 g/mol. The quantitative estimate of drug-likeness (QED) is 0.505. The van der Waals surface area contributed by atoms with Crippen LogP contribution in [0.15, 0.2) is 58.1 Å². The number of amides is 1. The number of rotatable bonds is 9. The summed E-state index contributed by atoms with van der Waals surface area (Å²) in [6, 6.07) is 14.9. The molecule has 0 aliphatic rings. The Hall–Kier alpha value is -3.81. The van der Waals surface area contributed by atoms with E-state index in [9.17, 15) is 14.4 Å². The van der Waals surface area contributed by atoms with E-state index in [1.807, 2.05) is 70.2 Å². The van der Waals surface area contributed by atoms with E-state index in [1.165, 1.54) is 9.47 Å². The second-order valence-electron chi connectivity index (χ2n) is 8.78. The van der Waals surface area contributed by atoms with Gasteiger partial charge in [0.1, 0.15) is 11.6 Å². The van der Waals surface area contributed by atoms with Gasteiger partial charge in [0.25, 0.3) is 11.5 Å². The number of aromatic amines is 1. The fraction of sp³-hybridized carbons (Fsp3) is 0.346. The summed E-state index contributed by atoms with van der Waals surface area (Å²) >= 11 is 0. The fourth-order valence-electron chi connectivity index (χ4n) is 3.61. The zero-order valence-corrected chi connectivity index (χ0v) is 20.1. The van der Waals surface area contributed by atoms with Gasteiger partial charge in [0, 0.05) is 6.54 Å². The van der Waals surface area contributed by atoms with Crippen molar-refractivity contribution in [2.45, 2.75) is 40.7 Å². The van der Waals surface area contributed by atoms with Crippen molar-refractivity contribution in [3.8, 4) is 5.75 Å². The zero-order chi connectivity index (χ0) is 24.8. The summed E-state index contributed by atoms with van der Waals surface area (Å²) in [5.74, 6) is 0.420. The number of carbonyl (C=O) groups excluding carboxylic acids is 1. The topological polar surface area (TPSA) is 110 Å². The number of hydrogen-bond donors (Lipinski definition) is 2. The van der Waals surface area contributed by atoms with Crippen LogP contribution in [-0.2, 0) is 11.3 Å². The van der Waals surface area contributed by atoms with Gasteiger partial charge < -0.3 is 15.4 Å². The van der Waals surface area contributed by atoms with Crippen molar-refractivity contribution in [1.82, 2.24) is 9.55 Å². The monoisotopic (exact) mass is 464 g/mol. The van der Waals surface area contributed by atoms with Crippen LogP contribution in [0.5, 0.6) is 5.75 Å². The summed E-state index contributed by atoms with van der Waals surface area (Å²) in [6.07, 6.45) is 0.645. The van der Waals surface area contributed by atoms with Crippen molar-refractivity contribution in [2.75, 3.05) is 23.8 Å². The Morgan fingerprint density at radius 1 is 1.09 bits per heavy atom. The van der Waals surface area contributed by atoms with Crippen LogP contribution >= 0.6 is 0 Å². The molecular formula is C26H32N4O4. The molecule has 3 aromatic rings. The lowest BCUT2D eigenvalue weighted by molar-refractivity contribution is -0.120. The number of ether oxygens (including phenoxy) is 1. The van der Waals surface area contributed by atoms with Crippen LogP contribution in [0.2, 0.25) is 0 Å². The van der Waals surface area contributed by atoms with Crippen molar-refractivity contribution >= 4 is 17.4 Å². The lowest BCUT2D eigenvalue weighted by Crippen LogP contribution is -2.43. The van der Waals surface area contributed by atoms with E-state index in [0.717, 1.165) is 16.7 Å². The van der Waals surface area contributed by atoms with Gasteiger partial charge in [-0.1, -0.05) is 56.3 Å². The largest absolute Gasteiger partial charge is 0.483 e. The maximum Gasteiger partial charge on any atom is 0.330 e. The molecule has 0 atom stereocenters. The molecule has 0 saturated heterocycles. The number of aromatic nitrogens is 2. The molecule has 1 amide bonds. The Labute approximate surface area is 199 Å². The Balaban J connectivity index is 1.96. The van der Waals surface area contributed by atoms with Crippen molar-refractivity contribution in [2.24, 2.45) is 5.92 Å². The molecule has 180 valence electrons. The predicted molar refractivity (Wildman–Crippen MR) is 134 cm³/mol. The number of nitrogens with zero attached hydrogens (tertiary/aromatic N) is 2. The lowest BCUT2D eigenvalue weighted by Gasteiger charge is -2.25. The fourth-order valence-corrected chi connectivity index (χ4v) is 3.61. The first-order valence-electron chi connectivity index (χ1n) is 11.3. The number of hydrogen-bond acceptors (Lipinski definition) is 5. The number of nitrogen functional groups attached to an aromatic ring is 1. The molecule has 2 aromatic carbocycles. The van der Waals surface area contributed by atoms with E-state index in [4.69, 9.17) is 10.5 Å². The number of anilines is 2. The molecule has 0 fully saturated rings. The minimum absolute atomic E-state index is 0.0363. The highest BCUT2D eigenvalue weighted by atomic mass is 16.5. The number of carbonyl (C=O) groups is 1. The first-order chi connectivity index (χ1) is 16.2. The van der Waals surface area contributed by atoms with Crippen LogP contribution in [0.1, 0.15) is 37.0 Å². The van der Waals surface area contributed by atoms with Gasteiger partial charge in [0.2, 0.25) is 0 Å². The van der Waals surface area contributed by atoms with Crippen LogP contribution in [0, 0.1) is 19.8 Å². The van der Waals surface area contributed by atoms with E-state index < -0.39 is 17.2 Å². The van der Waals surface area contributed by atoms with Crippen molar-refractivity contribution in [3.05, 3.63) is 86.1 Å². The zero-order valence-electron chi connectivity index (χ0n) is 20.1. The van der Waals surface area contributed by atoms with Gasteiger partial charge in [-0.3, -0.25) is 19.1 Å². The van der Waals surface area contributed by atoms with E-state index in [-0.39, 0.29) is 37.1 Å². The van der Waals surface area contributed by atoms with Gasteiger partial charge in [-0.25, -0.2) is 4.79 Å². The highest BCUT2D eigenvalue weighted by Gasteiger charge is 2.25. The molecule has 3 rings (SSSR count). The molecule has 34 heavy (non-hydrogen) atoms. The van der Waals surface area contributed by atoms with Gasteiger partial charge in [0.05, 0.1) is 6.54 Å². The first-order valence-corrected chi connectivity index (χ1v) is 11.3. The molecule has 3 N–H and O–H groups in total. The predicted octanol–water partition coefficient (Wildman–Crippen LogP) is 3.24. The molecule has 0 saturated carbocycles. The molecule has 0 radical (unpaired) electrons. The first kappa shape index (κ1) is 24.8. The number of benzene rings is 2. The van der Waals surface area contributed by atoms with Crippen LogP contribution in [0.4, 0.5) is 11.5 Å². The van der Waals surface area contributed by atoms with Gasteiger partial charge >= 0.3 is 5.69 Å². The van der Waals surface area contributed by atoms with Crippen molar-refractivity contribution in [1.29, 1.82) is 0 Å². The second-order valence-corrected chi connectivity index (χ2v) is 8.78. The Kier molecular flexibility index (Phi) is 7.94. The summed E-state index contributed by atoms with van der Waals surface area (Å²) in [7, 11) is 0. The normalized spacial score (nSPS) is 11.0. The van der Waals surface area contributed by atoms with Gasteiger partial charge in [-0.05, 0) is 48.9 Å². The van der Waals surface area contributed by atoms with Gasteiger partial charge in [-0.15, -0.1) is 0 Å². The van der Waals surface area contributed by atoms with E-state index in [1.54, 1.807) is 6.07 Å². The molecule has 0 aliphatic heterocycles. The highest BCUT2D eigenvalue weighted by molar-refractivity contribution is 5.96. The van der Waals surface area contributed by atoms with Gasteiger partial charge in [0.15, 0.2) is 12.3 Å². The van der Waals surface area contributed by atoms with Crippen LogP contribution in [0.3, 0.4) is 0 Å². The van der Waals surface area contributed by atoms with Crippen LogP contribution < -0.4 is 26.6 Å². The Bertz CT molecular complexity index is 1260. The minimum atomic E-state index is -0.698. The molecule has 0 aliphatic carbocycles. The standard InChI is InChI=1S/C26H32N4O4/c1-17(2)13-14-29(22(31)16-34-21-12-8-9-18(3)19(21)4)23-24(27)30(26(33)28-25(23)32)15-20-10-6-5-7-11-20/h5-12,17H,13-16,27H2,1-4H3,(H,28,32,33). The van der Waals surface area contributed by atoms with E-state index in [0.29, 0.717) is 12.2 Å². The summed E-state index contributed by atoms with van der Waals surface area (Å²) in [5.41, 5.74) is 7.81. The lowest BCUT2D eigenvalue weighted by atomic mass is 10.1. The smallest absolute Gasteiger partial charge is 0.330 e. The Morgan fingerprint density at radius 3 is 2.47 bits per heavy atom. The SMILES string of the molecule is Cc1cccc(OCC(=O)N(CCC(C)C)c2c(N)n(Cc3ccccc3)c(=O)[nH]c2=O)c1C.